The molecule has 0 radical (unpaired) electrons. The van der Waals surface area contributed by atoms with E-state index in [1.54, 1.807) is 0 Å². The first-order chi connectivity index (χ1) is 7.31. The first-order valence-corrected chi connectivity index (χ1v) is 7.17. The van der Waals surface area contributed by atoms with Gasteiger partial charge in [-0.1, -0.05) is 18.7 Å². The second kappa shape index (κ2) is 4.00. The van der Waals surface area contributed by atoms with Crippen LogP contribution in [-0.4, -0.2) is 23.0 Å². The van der Waals surface area contributed by atoms with Crippen molar-refractivity contribution >= 4 is 16.9 Å². The number of hydrogen-bond donors (Lipinski definition) is 1. The number of hydrogen-bond acceptors (Lipinski definition) is 3. The highest BCUT2D eigenvalue weighted by molar-refractivity contribution is 8.14. The summed E-state index contributed by atoms with van der Waals surface area (Å²) < 4.78 is 0. The molecule has 0 aromatic carbocycles. The van der Waals surface area contributed by atoms with Crippen LogP contribution in [0.2, 0.25) is 0 Å². The fraction of sp³-hybridized carbons (Fsp3) is 0.917. The molecule has 0 aromatic heterocycles. The Bertz CT molecular complexity index is 273. The highest BCUT2D eigenvalue weighted by Gasteiger charge is 2.36. The average Bonchev–Trinajstić information content (AvgIpc) is 2.84. The second-order valence-electron chi connectivity index (χ2n) is 5.40. The molecule has 0 aromatic rings. The molecule has 84 valence electrons. The Kier molecular flexibility index (Phi) is 2.67. The number of aliphatic imine (C=N–C) groups is 1. The lowest BCUT2D eigenvalue weighted by atomic mass is 10.1. The zero-order chi connectivity index (χ0) is 10.3. The third-order valence-electron chi connectivity index (χ3n) is 3.85. The average molecular weight is 224 g/mol. The van der Waals surface area contributed by atoms with E-state index < -0.39 is 0 Å². The summed E-state index contributed by atoms with van der Waals surface area (Å²) in [5.41, 5.74) is 0. The molecule has 2 nitrogen and oxygen atoms in total. The topological polar surface area (TPSA) is 24.4 Å². The third-order valence-corrected chi connectivity index (χ3v) is 5.15. The Labute approximate surface area is 96.3 Å². The molecule has 2 aliphatic carbocycles. The first kappa shape index (κ1) is 10.0. The van der Waals surface area contributed by atoms with Gasteiger partial charge >= 0.3 is 0 Å². The van der Waals surface area contributed by atoms with E-state index >= 15 is 0 Å². The fourth-order valence-electron chi connectivity index (χ4n) is 2.70. The molecular formula is C12H20N2S. The van der Waals surface area contributed by atoms with Crippen molar-refractivity contribution in [1.82, 2.24) is 5.32 Å². The number of nitrogens with zero attached hydrogens (tertiary/aromatic N) is 1. The quantitative estimate of drug-likeness (QED) is 0.780. The molecule has 3 unspecified atom stereocenters. The van der Waals surface area contributed by atoms with Gasteiger partial charge in [-0.15, -0.1) is 0 Å². The molecule has 0 bridgehead atoms. The van der Waals surface area contributed by atoms with E-state index in [1.165, 1.54) is 37.3 Å². The van der Waals surface area contributed by atoms with Crippen LogP contribution in [0.25, 0.3) is 0 Å². The van der Waals surface area contributed by atoms with Gasteiger partial charge in [0.2, 0.25) is 0 Å². The van der Waals surface area contributed by atoms with Gasteiger partial charge in [0.05, 0.1) is 6.54 Å². The molecule has 3 rings (SSSR count). The lowest BCUT2D eigenvalue weighted by Gasteiger charge is -2.13. The predicted octanol–water partition coefficient (Wildman–Crippen LogP) is 2.65. The fourth-order valence-corrected chi connectivity index (χ4v) is 3.98. The lowest BCUT2D eigenvalue weighted by molar-refractivity contribution is 0.572. The first-order valence-electron chi connectivity index (χ1n) is 6.29. The van der Waals surface area contributed by atoms with Crippen molar-refractivity contribution < 1.29 is 0 Å². The van der Waals surface area contributed by atoms with Crippen molar-refractivity contribution in [3.05, 3.63) is 0 Å². The van der Waals surface area contributed by atoms with Crippen LogP contribution in [0.15, 0.2) is 4.99 Å². The number of nitrogens with one attached hydrogen (secondary N) is 1. The standard InChI is InChI=1S/C12H20N2S/c1-8-2-5-10(6-8)14-12-13-7-11(15-12)9-3-4-9/h8-11H,2-7H2,1H3,(H,13,14). The zero-order valence-electron chi connectivity index (χ0n) is 9.41. The Hall–Kier alpha value is -0.180. The molecule has 3 heteroatoms. The van der Waals surface area contributed by atoms with Gasteiger partial charge in [0.15, 0.2) is 5.17 Å². The minimum absolute atomic E-state index is 0.712. The third kappa shape index (κ3) is 2.32. The van der Waals surface area contributed by atoms with Crippen LogP contribution in [0.1, 0.15) is 39.0 Å². The smallest absolute Gasteiger partial charge is 0.157 e. The Morgan fingerprint density at radius 3 is 2.80 bits per heavy atom. The molecule has 15 heavy (non-hydrogen) atoms. The summed E-state index contributed by atoms with van der Waals surface area (Å²) in [6.07, 6.45) is 6.96. The number of amidine groups is 1. The lowest BCUT2D eigenvalue weighted by Crippen LogP contribution is -2.30. The summed E-state index contributed by atoms with van der Waals surface area (Å²) in [5.74, 6) is 1.90. The summed E-state index contributed by atoms with van der Waals surface area (Å²) in [7, 11) is 0. The number of thioether (sulfide) groups is 1. The Balaban J connectivity index is 1.47. The van der Waals surface area contributed by atoms with Crippen LogP contribution in [0.3, 0.4) is 0 Å². The molecule has 2 saturated carbocycles. The minimum Gasteiger partial charge on any atom is -0.362 e. The molecule has 1 heterocycles. The second-order valence-corrected chi connectivity index (χ2v) is 6.63. The predicted molar refractivity (Wildman–Crippen MR) is 66.3 cm³/mol. The largest absolute Gasteiger partial charge is 0.362 e. The summed E-state index contributed by atoms with van der Waals surface area (Å²) >= 11 is 2.01. The molecule has 3 aliphatic rings. The van der Waals surface area contributed by atoms with E-state index in [2.05, 4.69) is 17.2 Å². The van der Waals surface area contributed by atoms with Crippen LogP contribution in [0, 0.1) is 11.8 Å². The van der Waals surface area contributed by atoms with Gasteiger partial charge in [-0.05, 0) is 43.9 Å². The Morgan fingerprint density at radius 1 is 1.27 bits per heavy atom. The molecular weight excluding hydrogens is 204 g/mol. The number of rotatable bonds is 2. The molecule has 2 fully saturated rings. The van der Waals surface area contributed by atoms with Crippen LogP contribution in [0.4, 0.5) is 0 Å². The normalized spacial score (nSPS) is 40.6. The van der Waals surface area contributed by atoms with Crippen LogP contribution in [-0.2, 0) is 0 Å². The summed E-state index contributed by atoms with van der Waals surface area (Å²) in [5, 5.41) is 5.69. The van der Waals surface area contributed by atoms with Crippen LogP contribution in [0.5, 0.6) is 0 Å². The minimum atomic E-state index is 0.712. The highest BCUT2D eigenvalue weighted by atomic mass is 32.2. The summed E-state index contributed by atoms with van der Waals surface area (Å²) in [4.78, 5) is 4.64. The molecule has 0 saturated heterocycles. The molecule has 3 atom stereocenters. The monoisotopic (exact) mass is 224 g/mol. The zero-order valence-corrected chi connectivity index (χ0v) is 10.2. The van der Waals surface area contributed by atoms with Gasteiger partial charge in [0.1, 0.15) is 0 Å². The van der Waals surface area contributed by atoms with Crippen LogP contribution >= 0.6 is 11.8 Å². The van der Waals surface area contributed by atoms with Crippen molar-refractivity contribution in [3.8, 4) is 0 Å². The molecule has 0 spiro atoms. The van der Waals surface area contributed by atoms with Crippen molar-refractivity contribution in [2.24, 2.45) is 16.8 Å². The highest BCUT2D eigenvalue weighted by Crippen LogP contribution is 2.41. The molecule has 1 N–H and O–H groups in total. The van der Waals surface area contributed by atoms with Crippen LogP contribution < -0.4 is 5.32 Å². The summed E-state index contributed by atoms with van der Waals surface area (Å²) in [6, 6.07) is 0.712. The maximum absolute atomic E-state index is 4.64. The van der Waals surface area contributed by atoms with Crippen molar-refractivity contribution in [2.75, 3.05) is 6.54 Å². The van der Waals surface area contributed by atoms with E-state index in [4.69, 9.17) is 0 Å². The van der Waals surface area contributed by atoms with E-state index in [9.17, 15) is 0 Å². The maximum Gasteiger partial charge on any atom is 0.157 e. The van der Waals surface area contributed by atoms with Crippen molar-refractivity contribution in [1.29, 1.82) is 0 Å². The SMILES string of the molecule is CC1CCC(NC2=NCC(C3CC3)S2)C1. The van der Waals surface area contributed by atoms with Gasteiger partial charge in [0, 0.05) is 11.3 Å². The summed E-state index contributed by atoms with van der Waals surface area (Å²) in [6.45, 7) is 3.43. The van der Waals surface area contributed by atoms with Crippen molar-refractivity contribution in [2.45, 2.75) is 50.3 Å². The van der Waals surface area contributed by atoms with E-state index in [1.807, 2.05) is 11.8 Å². The van der Waals surface area contributed by atoms with Gasteiger partial charge in [-0.25, -0.2) is 0 Å². The van der Waals surface area contributed by atoms with E-state index in [-0.39, 0.29) is 0 Å². The Morgan fingerprint density at radius 2 is 2.13 bits per heavy atom. The van der Waals surface area contributed by atoms with E-state index in [0.717, 1.165) is 23.6 Å². The molecule has 1 aliphatic heterocycles. The van der Waals surface area contributed by atoms with Crippen molar-refractivity contribution in [3.63, 3.8) is 0 Å². The van der Waals surface area contributed by atoms with E-state index in [0.29, 0.717) is 6.04 Å². The van der Waals surface area contributed by atoms with Gasteiger partial charge < -0.3 is 5.32 Å². The van der Waals surface area contributed by atoms with Gasteiger partial charge in [-0.3, -0.25) is 4.99 Å². The maximum atomic E-state index is 4.64. The van der Waals surface area contributed by atoms with Gasteiger partial charge in [-0.2, -0.15) is 0 Å². The molecule has 0 amide bonds. The van der Waals surface area contributed by atoms with Gasteiger partial charge in [0.25, 0.3) is 0 Å².